The van der Waals surface area contributed by atoms with Crippen molar-refractivity contribution in [1.82, 2.24) is 15.5 Å². The SMILES string of the molecule is C[C@H](NC(=O)c1cc(Cl)c(O)c(Cl)c1)C(=O)N1CCC[C@H]1C(=O)N[C@H]1CC(=O)O[C@H]1OCc1ccccc1. The number of hydrogen-bond acceptors (Lipinski definition) is 7. The highest BCUT2D eigenvalue weighted by Gasteiger charge is 2.41. The molecule has 0 bridgehead atoms. The van der Waals surface area contributed by atoms with Gasteiger partial charge in [-0.2, -0.15) is 0 Å². The first kappa shape index (κ1) is 27.7. The summed E-state index contributed by atoms with van der Waals surface area (Å²) in [5, 5.41) is 14.9. The quantitative estimate of drug-likeness (QED) is 0.420. The molecule has 3 amide bonds. The fourth-order valence-electron chi connectivity index (χ4n) is 4.43. The lowest BCUT2D eigenvalue weighted by atomic mass is 10.1. The van der Waals surface area contributed by atoms with Gasteiger partial charge >= 0.3 is 5.97 Å². The monoisotopic (exact) mass is 563 g/mol. The Morgan fingerprint density at radius 2 is 1.87 bits per heavy atom. The van der Waals surface area contributed by atoms with Gasteiger partial charge in [-0.05, 0) is 37.5 Å². The molecule has 3 N–H and O–H groups in total. The minimum atomic E-state index is -0.958. The van der Waals surface area contributed by atoms with Crippen LogP contribution in [0.2, 0.25) is 10.0 Å². The molecule has 0 unspecified atom stereocenters. The topological polar surface area (TPSA) is 134 Å². The van der Waals surface area contributed by atoms with Gasteiger partial charge in [-0.3, -0.25) is 19.2 Å². The van der Waals surface area contributed by atoms with E-state index in [0.29, 0.717) is 19.4 Å². The molecule has 2 aromatic rings. The number of nitrogens with zero attached hydrogens (tertiary/aromatic N) is 1. The van der Waals surface area contributed by atoms with E-state index in [0.717, 1.165) is 5.56 Å². The smallest absolute Gasteiger partial charge is 0.310 e. The van der Waals surface area contributed by atoms with Crippen molar-refractivity contribution in [3.05, 3.63) is 63.6 Å². The molecule has 0 radical (unpaired) electrons. The molecule has 202 valence electrons. The van der Waals surface area contributed by atoms with Crippen LogP contribution in [0, 0.1) is 0 Å². The number of hydrogen-bond donors (Lipinski definition) is 3. The summed E-state index contributed by atoms with van der Waals surface area (Å²) >= 11 is 11.8. The highest BCUT2D eigenvalue weighted by molar-refractivity contribution is 6.37. The number of likely N-dealkylation sites (tertiary alicyclic amines) is 1. The summed E-state index contributed by atoms with van der Waals surface area (Å²) in [7, 11) is 0. The lowest BCUT2D eigenvalue weighted by molar-refractivity contribution is -0.168. The highest BCUT2D eigenvalue weighted by atomic mass is 35.5. The minimum absolute atomic E-state index is 0.0456. The van der Waals surface area contributed by atoms with E-state index in [1.807, 2.05) is 30.3 Å². The van der Waals surface area contributed by atoms with Crippen LogP contribution in [0.25, 0.3) is 0 Å². The van der Waals surface area contributed by atoms with Crippen LogP contribution >= 0.6 is 23.2 Å². The first-order valence-electron chi connectivity index (χ1n) is 12.1. The van der Waals surface area contributed by atoms with Gasteiger partial charge in [-0.1, -0.05) is 53.5 Å². The predicted octanol–water partition coefficient (Wildman–Crippen LogP) is 2.78. The number of ether oxygens (including phenoxy) is 2. The van der Waals surface area contributed by atoms with Gasteiger partial charge in [-0.25, -0.2) is 0 Å². The zero-order valence-electron chi connectivity index (χ0n) is 20.5. The third kappa shape index (κ3) is 6.38. The maximum Gasteiger partial charge on any atom is 0.310 e. The number of phenols is 1. The first-order valence-corrected chi connectivity index (χ1v) is 12.8. The second-order valence-corrected chi connectivity index (χ2v) is 9.96. The van der Waals surface area contributed by atoms with E-state index in [1.54, 1.807) is 0 Å². The second-order valence-electron chi connectivity index (χ2n) is 9.15. The van der Waals surface area contributed by atoms with E-state index in [1.165, 1.54) is 24.0 Å². The molecule has 4 rings (SSSR count). The zero-order chi connectivity index (χ0) is 27.4. The van der Waals surface area contributed by atoms with Gasteiger partial charge in [0.05, 0.1) is 23.1 Å². The van der Waals surface area contributed by atoms with Crippen molar-refractivity contribution in [3.63, 3.8) is 0 Å². The van der Waals surface area contributed by atoms with Crippen molar-refractivity contribution in [1.29, 1.82) is 0 Å². The molecule has 2 aliphatic heterocycles. The van der Waals surface area contributed by atoms with E-state index in [2.05, 4.69) is 10.6 Å². The van der Waals surface area contributed by atoms with Gasteiger partial charge in [0, 0.05) is 12.1 Å². The van der Waals surface area contributed by atoms with Gasteiger partial charge < -0.3 is 30.1 Å². The number of carbonyl (C=O) groups is 4. The van der Waals surface area contributed by atoms with Crippen molar-refractivity contribution in [2.45, 2.75) is 57.2 Å². The summed E-state index contributed by atoms with van der Waals surface area (Å²) < 4.78 is 11.0. The zero-order valence-corrected chi connectivity index (χ0v) is 22.0. The number of aromatic hydroxyl groups is 1. The van der Waals surface area contributed by atoms with Crippen LogP contribution in [-0.2, 0) is 30.5 Å². The Kier molecular flexibility index (Phi) is 8.76. The molecule has 0 spiro atoms. The molecule has 4 atom stereocenters. The molecule has 0 saturated carbocycles. The summed E-state index contributed by atoms with van der Waals surface area (Å²) in [5.41, 5.74) is 0.960. The molecule has 2 fully saturated rings. The molecule has 2 aromatic carbocycles. The van der Waals surface area contributed by atoms with Gasteiger partial charge in [-0.15, -0.1) is 0 Å². The molecule has 38 heavy (non-hydrogen) atoms. The van der Waals surface area contributed by atoms with Gasteiger partial charge in [0.1, 0.15) is 18.1 Å². The average Bonchev–Trinajstić information content (AvgIpc) is 3.52. The minimum Gasteiger partial charge on any atom is -0.505 e. The molecule has 0 aliphatic carbocycles. The normalized spacial score (nSPS) is 21.6. The third-order valence-electron chi connectivity index (χ3n) is 6.38. The summed E-state index contributed by atoms with van der Waals surface area (Å²) in [6.45, 7) is 2.05. The Hall–Kier alpha value is -3.34. The number of phenolic OH excluding ortho intramolecular Hbond substituents is 1. The first-order chi connectivity index (χ1) is 18.1. The summed E-state index contributed by atoms with van der Waals surface area (Å²) in [4.78, 5) is 52.3. The van der Waals surface area contributed by atoms with Gasteiger partial charge in [0.2, 0.25) is 18.1 Å². The highest BCUT2D eigenvalue weighted by Crippen LogP contribution is 2.32. The molecule has 2 aliphatic rings. The Labute approximate surface area is 229 Å². The number of rotatable bonds is 8. The van der Waals surface area contributed by atoms with Crippen LogP contribution < -0.4 is 10.6 Å². The number of esters is 1. The fraction of sp³-hybridized carbons (Fsp3) is 0.385. The lowest BCUT2D eigenvalue weighted by Crippen LogP contribution is -2.54. The van der Waals surface area contributed by atoms with Crippen LogP contribution in [-0.4, -0.2) is 64.7 Å². The Balaban J connectivity index is 1.35. The van der Waals surface area contributed by atoms with Crippen molar-refractivity contribution >= 4 is 46.9 Å². The van der Waals surface area contributed by atoms with Crippen LogP contribution in [0.3, 0.4) is 0 Å². The maximum absolute atomic E-state index is 13.2. The van der Waals surface area contributed by atoms with Crippen molar-refractivity contribution in [2.75, 3.05) is 6.54 Å². The van der Waals surface area contributed by atoms with E-state index in [-0.39, 0.29) is 34.4 Å². The van der Waals surface area contributed by atoms with E-state index in [9.17, 15) is 24.3 Å². The molecule has 10 nitrogen and oxygen atoms in total. The third-order valence-corrected chi connectivity index (χ3v) is 6.96. The van der Waals surface area contributed by atoms with Crippen LogP contribution in [0.15, 0.2) is 42.5 Å². The Bertz CT molecular complexity index is 1200. The van der Waals surface area contributed by atoms with Gasteiger partial charge in [0.25, 0.3) is 5.91 Å². The number of nitrogens with one attached hydrogen (secondary N) is 2. The van der Waals surface area contributed by atoms with Crippen molar-refractivity contribution in [2.24, 2.45) is 0 Å². The molecule has 0 aromatic heterocycles. The predicted molar refractivity (Wildman–Crippen MR) is 137 cm³/mol. The Morgan fingerprint density at radius 1 is 1.18 bits per heavy atom. The fourth-order valence-corrected chi connectivity index (χ4v) is 4.91. The molecule has 12 heteroatoms. The average molecular weight is 564 g/mol. The van der Waals surface area contributed by atoms with Crippen molar-refractivity contribution in [3.8, 4) is 5.75 Å². The van der Waals surface area contributed by atoms with Crippen LogP contribution in [0.4, 0.5) is 0 Å². The van der Waals surface area contributed by atoms with E-state index >= 15 is 0 Å². The van der Waals surface area contributed by atoms with Crippen LogP contribution in [0.1, 0.15) is 42.1 Å². The number of halogens is 2. The van der Waals surface area contributed by atoms with Crippen LogP contribution in [0.5, 0.6) is 5.75 Å². The Morgan fingerprint density at radius 3 is 2.55 bits per heavy atom. The maximum atomic E-state index is 13.2. The van der Waals surface area contributed by atoms with E-state index in [4.69, 9.17) is 32.7 Å². The summed E-state index contributed by atoms with van der Waals surface area (Å²) in [5.74, 6) is -2.32. The standard InChI is InChI=1S/C26H27Cl2N3O7/c1-14(29-23(34)16-10-17(27)22(33)18(28)11-16)25(36)31-9-5-8-20(31)24(35)30-19-12-21(32)38-26(19)37-13-15-6-3-2-4-7-15/h2-4,6-7,10-11,14,19-20,26,33H,5,8-9,12-13H2,1H3,(H,29,34)(H,30,35)/t14-,19-,20-,26+/m0/s1. The lowest BCUT2D eigenvalue weighted by Gasteiger charge is -2.28. The molecular weight excluding hydrogens is 537 g/mol. The second kappa shape index (κ2) is 12.0. The largest absolute Gasteiger partial charge is 0.505 e. The number of amides is 3. The van der Waals surface area contributed by atoms with E-state index < -0.39 is 48.1 Å². The summed E-state index contributed by atoms with van der Waals surface area (Å²) in [6, 6.07) is 9.40. The summed E-state index contributed by atoms with van der Waals surface area (Å²) in [6.07, 6.45) is 0.0374. The molecular formula is C26H27Cl2N3O7. The molecule has 2 saturated heterocycles. The van der Waals surface area contributed by atoms with Gasteiger partial charge in [0.15, 0.2) is 5.75 Å². The van der Waals surface area contributed by atoms with Crippen molar-refractivity contribution < 1.29 is 33.8 Å². The number of benzene rings is 2. The molecule has 2 heterocycles. The number of carbonyl (C=O) groups excluding carboxylic acids is 4. The number of cyclic esters (lactones) is 1.